The predicted molar refractivity (Wildman–Crippen MR) is 64.0 cm³/mol. The highest BCUT2D eigenvalue weighted by molar-refractivity contribution is 9.10. The number of benzene rings is 1. The van der Waals surface area contributed by atoms with Gasteiger partial charge in [-0.05, 0) is 33.6 Å². The summed E-state index contributed by atoms with van der Waals surface area (Å²) < 4.78 is 6.20. The molecule has 1 aromatic rings. The number of ether oxygens (including phenoxy) is 1. The molecule has 15 heavy (non-hydrogen) atoms. The summed E-state index contributed by atoms with van der Waals surface area (Å²) in [6, 6.07) is 5.52. The molecule has 84 valence electrons. The Balaban J connectivity index is 2.78. The van der Waals surface area contributed by atoms with Crippen LogP contribution in [0, 0.1) is 0 Å². The monoisotopic (exact) mass is 293 g/mol. The Morgan fingerprint density at radius 1 is 1.53 bits per heavy atom. The molecule has 1 aromatic carbocycles. The molecule has 0 spiro atoms. The summed E-state index contributed by atoms with van der Waals surface area (Å²) in [6.07, 6.45) is -0.203. The molecule has 1 rings (SSSR count). The highest BCUT2D eigenvalue weighted by atomic mass is 79.9. The van der Waals surface area contributed by atoms with Gasteiger partial charge in [0.2, 0.25) is 0 Å². The van der Waals surface area contributed by atoms with Crippen LogP contribution < -0.4 is 5.73 Å². The largest absolute Gasteiger partial charge is 0.394 e. The van der Waals surface area contributed by atoms with E-state index in [2.05, 4.69) is 15.9 Å². The van der Waals surface area contributed by atoms with Gasteiger partial charge in [-0.3, -0.25) is 0 Å². The van der Waals surface area contributed by atoms with E-state index < -0.39 is 0 Å². The standard InChI is InChI=1S/C10H13BrClNO2/c11-8-5-7(1-2-9(8)12)10(6-13)15-4-3-14/h1-2,5,10,14H,3-4,6,13H2. The third kappa shape index (κ3) is 3.74. The normalized spacial score (nSPS) is 12.8. The van der Waals surface area contributed by atoms with Gasteiger partial charge in [0.05, 0.1) is 24.3 Å². The van der Waals surface area contributed by atoms with Crippen molar-refractivity contribution in [1.82, 2.24) is 0 Å². The number of nitrogens with two attached hydrogens (primary N) is 1. The van der Waals surface area contributed by atoms with Crippen molar-refractivity contribution in [2.24, 2.45) is 5.73 Å². The highest BCUT2D eigenvalue weighted by Gasteiger charge is 2.11. The summed E-state index contributed by atoms with van der Waals surface area (Å²) in [5, 5.41) is 9.31. The fourth-order valence-electron chi connectivity index (χ4n) is 1.21. The number of hydrogen-bond donors (Lipinski definition) is 2. The fourth-order valence-corrected chi connectivity index (χ4v) is 1.72. The maximum absolute atomic E-state index is 8.66. The van der Waals surface area contributed by atoms with Gasteiger partial charge in [-0.15, -0.1) is 0 Å². The average Bonchev–Trinajstić information content (AvgIpc) is 2.24. The molecule has 0 aliphatic heterocycles. The molecule has 1 unspecified atom stereocenters. The van der Waals surface area contributed by atoms with E-state index in [0.29, 0.717) is 11.6 Å². The molecule has 3 N–H and O–H groups in total. The minimum absolute atomic E-state index is 0.00867. The van der Waals surface area contributed by atoms with Crippen LogP contribution in [0.15, 0.2) is 22.7 Å². The third-order valence-electron chi connectivity index (χ3n) is 1.94. The molecule has 0 fully saturated rings. The Bertz CT molecular complexity index is 322. The van der Waals surface area contributed by atoms with E-state index >= 15 is 0 Å². The van der Waals surface area contributed by atoms with Crippen molar-refractivity contribution in [2.75, 3.05) is 19.8 Å². The molecule has 0 bridgehead atoms. The van der Waals surface area contributed by atoms with Crippen molar-refractivity contribution < 1.29 is 9.84 Å². The summed E-state index contributed by atoms with van der Waals surface area (Å²) in [4.78, 5) is 0. The van der Waals surface area contributed by atoms with Gasteiger partial charge in [0.1, 0.15) is 0 Å². The van der Waals surface area contributed by atoms with Gasteiger partial charge in [-0.2, -0.15) is 0 Å². The number of rotatable bonds is 5. The van der Waals surface area contributed by atoms with Crippen LogP contribution in [0.2, 0.25) is 5.02 Å². The lowest BCUT2D eigenvalue weighted by atomic mass is 10.1. The van der Waals surface area contributed by atoms with Crippen LogP contribution in [0.25, 0.3) is 0 Å². The van der Waals surface area contributed by atoms with E-state index in [4.69, 9.17) is 27.2 Å². The molecular weight excluding hydrogens is 281 g/mol. The van der Waals surface area contributed by atoms with Gasteiger partial charge >= 0.3 is 0 Å². The first-order valence-electron chi connectivity index (χ1n) is 4.56. The molecule has 0 aromatic heterocycles. The average molecular weight is 295 g/mol. The van der Waals surface area contributed by atoms with Crippen molar-refractivity contribution in [3.63, 3.8) is 0 Å². The lowest BCUT2D eigenvalue weighted by Gasteiger charge is -2.16. The first-order valence-corrected chi connectivity index (χ1v) is 5.73. The van der Waals surface area contributed by atoms with Crippen molar-refractivity contribution in [1.29, 1.82) is 0 Å². The van der Waals surface area contributed by atoms with Gasteiger partial charge < -0.3 is 15.6 Å². The van der Waals surface area contributed by atoms with Crippen LogP contribution in [-0.2, 0) is 4.74 Å². The molecule has 0 saturated heterocycles. The number of aliphatic hydroxyl groups is 1. The van der Waals surface area contributed by atoms with E-state index in [0.717, 1.165) is 10.0 Å². The smallest absolute Gasteiger partial charge is 0.0948 e. The fraction of sp³-hybridized carbons (Fsp3) is 0.400. The zero-order valence-corrected chi connectivity index (χ0v) is 10.5. The Morgan fingerprint density at radius 2 is 2.27 bits per heavy atom. The maximum Gasteiger partial charge on any atom is 0.0948 e. The minimum Gasteiger partial charge on any atom is -0.394 e. The molecule has 0 amide bonds. The van der Waals surface area contributed by atoms with Crippen LogP contribution in [0.5, 0.6) is 0 Å². The SMILES string of the molecule is NCC(OCCO)c1ccc(Cl)c(Br)c1. The lowest BCUT2D eigenvalue weighted by molar-refractivity contribution is 0.0328. The van der Waals surface area contributed by atoms with Gasteiger partial charge in [0, 0.05) is 11.0 Å². The molecule has 0 heterocycles. The molecule has 0 aliphatic carbocycles. The van der Waals surface area contributed by atoms with Crippen molar-refractivity contribution in [2.45, 2.75) is 6.10 Å². The topological polar surface area (TPSA) is 55.5 Å². The van der Waals surface area contributed by atoms with Crippen molar-refractivity contribution in [3.8, 4) is 0 Å². The van der Waals surface area contributed by atoms with E-state index in [1.165, 1.54) is 0 Å². The second kappa shape index (κ2) is 6.45. The molecule has 0 saturated carbocycles. The van der Waals surface area contributed by atoms with Gasteiger partial charge in [-0.1, -0.05) is 17.7 Å². The summed E-state index contributed by atoms with van der Waals surface area (Å²) >= 11 is 9.21. The summed E-state index contributed by atoms with van der Waals surface area (Å²) in [5.74, 6) is 0. The zero-order chi connectivity index (χ0) is 11.3. The predicted octanol–water partition coefficient (Wildman–Crippen LogP) is 2.11. The van der Waals surface area contributed by atoms with Crippen LogP contribution >= 0.6 is 27.5 Å². The zero-order valence-electron chi connectivity index (χ0n) is 8.12. The van der Waals surface area contributed by atoms with Crippen molar-refractivity contribution in [3.05, 3.63) is 33.3 Å². The van der Waals surface area contributed by atoms with Crippen LogP contribution in [0.3, 0.4) is 0 Å². The number of halogens is 2. The molecule has 1 atom stereocenters. The molecule has 0 aliphatic rings. The number of aliphatic hydroxyl groups excluding tert-OH is 1. The molecule has 5 heteroatoms. The second-order valence-electron chi connectivity index (χ2n) is 2.99. The van der Waals surface area contributed by atoms with E-state index in [9.17, 15) is 0 Å². The van der Waals surface area contributed by atoms with Crippen molar-refractivity contribution >= 4 is 27.5 Å². The number of hydrogen-bond acceptors (Lipinski definition) is 3. The van der Waals surface area contributed by atoms with Crippen LogP contribution in [0.4, 0.5) is 0 Å². The Morgan fingerprint density at radius 3 is 2.80 bits per heavy atom. The Hall–Kier alpha value is -0.130. The highest BCUT2D eigenvalue weighted by Crippen LogP contribution is 2.27. The summed E-state index contributed by atoms with van der Waals surface area (Å²) in [6.45, 7) is 0.640. The lowest BCUT2D eigenvalue weighted by Crippen LogP contribution is -2.17. The summed E-state index contributed by atoms with van der Waals surface area (Å²) in [5.41, 5.74) is 6.53. The molecular formula is C10H13BrClNO2. The minimum atomic E-state index is -0.203. The quantitative estimate of drug-likeness (QED) is 0.874. The first-order chi connectivity index (χ1) is 7.19. The summed E-state index contributed by atoms with van der Waals surface area (Å²) in [7, 11) is 0. The van der Waals surface area contributed by atoms with Gasteiger partial charge in [0.25, 0.3) is 0 Å². The van der Waals surface area contributed by atoms with Gasteiger partial charge in [0.15, 0.2) is 0 Å². The first kappa shape index (κ1) is 12.9. The third-order valence-corrected chi connectivity index (χ3v) is 3.15. The Kier molecular flexibility index (Phi) is 5.56. The molecule has 0 radical (unpaired) electrons. The maximum atomic E-state index is 8.66. The van der Waals surface area contributed by atoms with Crippen LogP contribution in [0.1, 0.15) is 11.7 Å². The van der Waals surface area contributed by atoms with E-state index in [1.807, 2.05) is 12.1 Å². The second-order valence-corrected chi connectivity index (χ2v) is 4.25. The van der Waals surface area contributed by atoms with Gasteiger partial charge in [-0.25, -0.2) is 0 Å². The van der Waals surface area contributed by atoms with E-state index in [-0.39, 0.29) is 19.3 Å². The van der Waals surface area contributed by atoms with E-state index in [1.54, 1.807) is 6.07 Å². The Labute approximate surface area is 102 Å². The molecule has 3 nitrogen and oxygen atoms in total. The van der Waals surface area contributed by atoms with Crippen LogP contribution in [-0.4, -0.2) is 24.9 Å².